The van der Waals surface area contributed by atoms with Crippen molar-refractivity contribution in [1.29, 1.82) is 0 Å². The van der Waals surface area contributed by atoms with E-state index in [2.05, 4.69) is 0 Å². The molecule has 0 aliphatic carbocycles. The number of carbonyl (C=O) groups excluding carboxylic acids is 1. The maximum atomic E-state index is 10.9. The fraction of sp³-hybridized carbons (Fsp3) is 0. The Morgan fingerprint density at radius 2 is 1.71 bits per heavy atom. The number of aliphatic carboxylic acids is 2. The molecule has 0 saturated heterocycles. The molecule has 17 heavy (non-hydrogen) atoms. The van der Waals surface area contributed by atoms with E-state index in [0.717, 1.165) is 4.90 Å². The molecule has 1 amide bonds. The van der Waals surface area contributed by atoms with Crippen molar-refractivity contribution in [1.82, 2.24) is 0 Å². The van der Waals surface area contributed by atoms with Crippen LogP contribution in [0.3, 0.4) is 0 Å². The summed E-state index contributed by atoms with van der Waals surface area (Å²) in [5, 5.41) is 17.4. The van der Waals surface area contributed by atoms with Crippen LogP contribution in [0.25, 0.3) is 0 Å². The SMILES string of the molecule is O=CN(/C(=C/C(=O)O)C(=O)O)c1ccccc1. The number of anilines is 1. The molecule has 1 aromatic rings. The zero-order valence-electron chi connectivity index (χ0n) is 8.61. The van der Waals surface area contributed by atoms with E-state index in [-0.39, 0.29) is 12.1 Å². The second kappa shape index (κ2) is 5.45. The van der Waals surface area contributed by atoms with Crippen LogP contribution in [0, 0.1) is 0 Å². The molecule has 1 aromatic carbocycles. The van der Waals surface area contributed by atoms with Gasteiger partial charge in [0.25, 0.3) is 0 Å². The summed E-state index contributed by atoms with van der Waals surface area (Å²) in [6, 6.07) is 7.88. The Morgan fingerprint density at radius 3 is 2.12 bits per heavy atom. The van der Waals surface area contributed by atoms with Gasteiger partial charge in [-0.1, -0.05) is 18.2 Å². The van der Waals surface area contributed by atoms with Crippen molar-refractivity contribution in [2.75, 3.05) is 4.90 Å². The monoisotopic (exact) mass is 235 g/mol. The van der Waals surface area contributed by atoms with Crippen LogP contribution in [0.5, 0.6) is 0 Å². The highest BCUT2D eigenvalue weighted by molar-refractivity contribution is 6.03. The number of nitrogens with zero attached hydrogens (tertiary/aromatic N) is 1. The summed E-state index contributed by atoms with van der Waals surface area (Å²) in [6.07, 6.45) is 0.710. The number of para-hydroxylation sites is 1. The highest BCUT2D eigenvalue weighted by Gasteiger charge is 2.19. The van der Waals surface area contributed by atoms with Gasteiger partial charge in [-0.2, -0.15) is 0 Å². The zero-order valence-corrected chi connectivity index (χ0v) is 8.61. The predicted octanol–water partition coefficient (Wildman–Crippen LogP) is 0.702. The minimum absolute atomic E-state index is 0.248. The first-order valence-corrected chi connectivity index (χ1v) is 4.53. The number of carboxylic acid groups (broad SMARTS) is 2. The van der Waals surface area contributed by atoms with Crippen molar-refractivity contribution in [3.05, 3.63) is 42.1 Å². The number of carbonyl (C=O) groups is 3. The molecule has 0 saturated carbocycles. The molecule has 0 bridgehead atoms. The summed E-state index contributed by atoms with van der Waals surface area (Å²) < 4.78 is 0. The lowest BCUT2D eigenvalue weighted by molar-refractivity contribution is -0.135. The fourth-order valence-corrected chi connectivity index (χ4v) is 1.20. The van der Waals surface area contributed by atoms with E-state index in [1.54, 1.807) is 18.2 Å². The van der Waals surface area contributed by atoms with Crippen molar-refractivity contribution in [3.8, 4) is 0 Å². The number of amides is 1. The molecular formula is C11H9NO5. The normalized spacial score (nSPS) is 10.7. The lowest BCUT2D eigenvalue weighted by Crippen LogP contribution is -2.26. The largest absolute Gasteiger partial charge is 0.478 e. The van der Waals surface area contributed by atoms with Crippen molar-refractivity contribution in [2.24, 2.45) is 0 Å². The number of benzene rings is 1. The van der Waals surface area contributed by atoms with Gasteiger partial charge in [0.15, 0.2) is 0 Å². The van der Waals surface area contributed by atoms with Crippen molar-refractivity contribution in [3.63, 3.8) is 0 Å². The molecule has 6 heteroatoms. The van der Waals surface area contributed by atoms with E-state index in [1.165, 1.54) is 12.1 Å². The van der Waals surface area contributed by atoms with Crippen molar-refractivity contribution in [2.45, 2.75) is 0 Å². The maximum Gasteiger partial charge on any atom is 0.353 e. The maximum absolute atomic E-state index is 10.9. The Kier molecular flexibility index (Phi) is 3.99. The minimum Gasteiger partial charge on any atom is -0.478 e. The van der Waals surface area contributed by atoms with E-state index in [0.29, 0.717) is 6.08 Å². The number of carboxylic acids is 2. The van der Waals surface area contributed by atoms with Gasteiger partial charge in [0.2, 0.25) is 6.41 Å². The lowest BCUT2D eigenvalue weighted by Gasteiger charge is -2.17. The molecule has 6 nitrogen and oxygen atoms in total. The van der Waals surface area contributed by atoms with Gasteiger partial charge in [-0.15, -0.1) is 0 Å². The standard InChI is InChI=1S/C11H9NO5/c13-7-12(8-4-2-1-3-5-8)9(11(16)17)6-10(14)15/h1-7H,(H,14,15)(H,16,17)/b9-6+. The molecule has 0 fully saturated rings. The number of rotatable bonds is 5. The van der Waals surface area contributed by atoms with Gasteiger partial charge in [0.05, 0.1) is 6.08 Å². The van der Waals surface area contributed by atoms with Gasteiger partial charge < -0.3 is 10.2 Å². The predicted molar refractivity (Wildman–Crippen MR) is 58.3 cm³/mol. The van der Waals surface area contributed by atoms with Crippen molar-refractivity contribution < 1.29 is 24.6 Å². The third kappa shape index (κ3) is 3.16. The van der Waals surface area contributed by atoms with Gasteiger partial charge >= 0.3 is 11.9 Å². The van der Waals surface area contributed by atoms with Crippen molar-refractivity contribution >= 4 is 24.0 Å². The first-order chi connectivity index (χ1) is 8.06. The molecule has 1 rings (SSSR count). The average molecular weight is 235 g/mol. The highest BCUT2D eigenvalue weighted by atomic mass is 16.4. The quantitative estimate of drug-likeness (QED) is 0.578. The molecule has 0 atom stereocenters. The smallest absolute Gasteiger partial charge is 0.353 e. The first kappa shape index (κ1) is 12.4. The molecule has 0 aliphatic heterocycles. The van der Waals surface area contributed by atoms with Gasteiger partial charge in [-0.3, -0.25) is 9.69 Å². The summed E-state index contributed by atoms with van der Waals surface area (Å²) >= 11 is 0. The Morgan fingerprint density at radius 1 is 1.12 bits per heavy atom. The van der Waals surface area contributed by atoms with Crippen LogP contribution >= 0.6 is 0 Å². The topological polar surface area (TPSA) is 94.9 Å². The Balaban J connectivity index is 3.20. The number of hydrogen-bond donors (Lipinski definition) is 2. The molecule has 0 heterocycles. The van der Waals surface area contributed by atoms with Crippen LogP contribution in [-0.2, 0) is 14.4 Å². The van der Waals surface area contributed by atoms with Crippen LogP contribution in [0.15, 0.2) is 42.1 Å². The lowest BCUT2D eigenvalue weighted by atomic mass is 10.2. The summed E-state index contributed by atoms with van der Waals surface area (Å²) in [5.74, 6) is -2.94. The third-order valence-electron chi connectivity index (χ3n) is 1.88. The fourth-order valence-electron chi connectivity index (χ4n) is 1.20. The van der Waals surface area contributed by atoms with E-state index < -0.39 is 17.6 Å². The second-order valence-electron chi connectivity index (χ2n) is 2.98. The molecule has 2 N–H and O–H groups in total. The van der Waals surface area contributed by atoms with E-state index >= 15 is 0 Å². The van der Waals surface area contributed by atoms with Crippen LogP contribution in [0.4, 0.5) is 5.69 Å². The van der Waals surface area contributed by atoms with E-state index in [4.69, 9.17) is 10.2 Å². The van der Waals surface area contributed by atoms with Gasteiger partial charge in [0, 0.05) is 5.69 Å². The molecule has 0 spiro atoms. The first-order valence-electron chi connectivity index (χ1n) is 4.53. The molecule has 0 radical (unpaired) electrons. The Labute approximate surface area is 96.4 Å². The molecule has 88 valence electrons. The molecule has 0 aliphatic rings. The van der Waals surface area contributed by atoms with Gasteiger partial charge in [-0.25, -0.2) is 9.59 Å². The molecule has 0 unspecified atom stereocenters. The van der Waals surface area contributed by atoms with Gasteiger partial charge in [-0.05, 0) is 12.1 Å². The second-order valence-corrected chi connectivity index (χ2v) is 2.98. The van der Waals surface area contributed by atoms with E-state index in [1.807, 2.05) is 0 Å². The van der Waals surface area contributed by atoms with Gasteiger partial charge in [0.1, 0.15) is 5.70 Å². The summed E-state index contributed by atoms with van der Waals surface area (Å²) in [5.41, 5.74) is -0.351. The van der Waals surface area contributed by atoms with Crippen LogP contribution in [0.1, 0.15) is 0 Å². The zero-order chi connectivity index (χ0) is 12.8. The molecular weight excluding hydrogens is 226 g/mol. The average Bonchev–Trinajstić information content (AvgIpc) is 2.29. The number of hydrogen-bond acceptors (Lipinski definition) is 3. The Bertz CT molecular complexity index is 466. The Hall–Kier alpha value is -2.63. The van der Waals surface area contributed by atoms with Crippen LogP contribution in [0.2, 0.25) is 0 Å². The summed E-state index contributed by atoms with van der Waals surface area (Å²) in [4.78, 5) is 33.0. The molecule has 0 aromatic heterocycles. The minimum atomic E-state index is -1.50. The van der Waals surface area contributed by atoms with E-state index in [9.17, 15) is 14.4 Å². The third-order valence-corrected chi connectivity index (χ3v) is 1.88. The highest BCUT2D eigenvalue weighted by Crippen LogP contribution is 2.16. The van der Waals surface area contributed by atoms with Crippen LogP contribution < -0.4 is 4.90 Å². The summed E-state index contributed by atoms with van der Waals surface area (Å²) in [7, 11) is 0. The van der Waals surface area contributed by atoms with Crippen LogP contribution in [-0.4, -0.2) is 28.6 Å². The summed E-state index contributed by atoms with van der Waals surface area (Å²) in [6.45, 7) is 0.